The van der Waals surface area contributed by atoms with Crippen molar-refractivity contribution in [3.8, 4) is 0 Å². The van der Waals surface area contributed by atoms with E-state index in [1.165, 1.54) is 0 Å². The Morgan fingerprint density at radius 2 is 2.11 bits per heavy atom. The van der Waals surface area contributed by atoms with Gasteiger partial charge in [-0.2, -0.15) is 8.42 Å². The minimum Gasteiger partial charge on any atom is -0.340 e. The quantitative estimate of drug-likeness (QED) is 0.863. The fraction of sp³-hybridized carbons (Fsp3) is 0.500. The number of anilines is 1. The van der Waals surface area contributed by atoms with Crippen molar-refractivity contribution in [3.63, 3.8) is 0 Å². The molecule has 2 rings (SSSR count). The van der Waals surface area contributed by atoms with Crippen molar-refractivity contribution in [2.45, 2.75) is 42.3 Å². The third-order valence-corrected chi connectivity index (χ3v) is 5.34. The van der Waals surface area contributed by atoms with Gasteiger partial charge in [-0.05, 0) is 25.5 Å². The highest BCUT2D eigenvalue weighted by Gasteiger charge is 2.37. The lowest BCUT2D eigenvalue weighted by molar-refractivity contribution is 0.455. The number of para-hydroxylation sites is 1. The van der Waals surface area contributed by atoms with Crippen molar-refractivity contribution in [1.82, 2.24) is 0 Å². The zero-order valence-corrected chi connectivity index (χ0v) is 12.0. The fourth-order valence-electron chi connectivity index (χ4n) is 2.27. The molecular weight excluding hydrogens is 270 g/mol. The highest BCUT2D eigenvalue weighted by Crippen LogP contribution is 2.45. The van der Waals surface area contributed by atoms with E-state index in [-0.39, 0.29) is 5.37 Å². The van der Waals surface area contributed by atoms with E-state index >= 15 is 0 Å². The van der Waals surface area contributed by atoms with Gasteiger partial charge in [-0.1, -0.05) is 37.2 Å². The van der Waals surface area contributed by atoms with Crippen molar-refractivity contribution in [1.29, 1.82) is 0 Å². The van der Waals surface area contributed by atoms with Gasteiger partial charge >= 0.3 is 0 Å². The maximum atomic E-state index is 11.6. The summed E-state index contributed by atoms with van der Waals surface area (Å²) < 4.78 is 32.6. The second-order valence-corrected chi connectivity index (χ2v) is 7.28. The van der Waals surface area contributed by atoms with Crippen molar-refractivity contribution in [2.24, 2.45) is 0 Å². The number of nitrogens with zero attached hydrogens (tertiary/aromatic N) is 1. The van der Waals surface area contributed by atoms with Crippen LogP contribution in [0.2, 0.25) is 0 Å². The summed E-state index contributed by atoms with van der Waals surface area (Å²) in [5.41, 5.74) is 0.895. The molecule has 0 fully saturated rings. The van der Waals surface area contributed by atoms with E-state index in [1.807, 2.05) is 38.1 Å². The number of benzene rings is 1. The summed E-state index contributed by atoms with van der Waals surface area (Å²) in [6, 6.07) is 7.70. The van der Waals surface area contributed by atoms with E-state index in [2.05, 4.69) is 0 Å². The Bertz CT molecular complexity index is 530. The molecule has 0 aromatic heterocycles. The molecule has 100 valence electrons. The van der Waals surface area contributed by atoms with Gasteiger partial charge in [0.1, 0.15) is 0 Å². The van der Waals surface area contributed by atoms with Gasteiger partial charge in [0.2, 0.25) is 0 Å². The molecule has 1 aromatic rings. The van der Waals surface area contributed by atoms with Crippen LogP contribution in [0.3, 0.4) is 0 Å². The first-order valence-corrected chi connectivity index (χ1v) is 8.33. The standard InChI is InChI=1S/C12H17NO3S2/c1-3-6-12(18(14,15)16)13-9(2)17-11-8-5-4-7-10(11)13/h4-5,7-9,12H,3,6H2,1-2H3,(H,14,15,16). The molecule has 0 aliphatic carbocycles. The van der Waals surface area contributed by atoms with E-state index in [1.54, 1.807) is 16.7 Å². The molecule has 4 nitrogen and oxygen atoms in total. The summed E-state index contributed by atoms with van der Waals surface area (Å²) in [5, 5.41) is -0.838. The van der Waals surface area contributed by atoms with Crippen molar-refractivity contribution < 1.29 is 13.0 Å². The topological polar surface area (TPSA) is 57.6 Å². The van der Waals surface area contributed by atoms with Gasteiger partial charge in [0.25, 0.3) is 10.1 Å². The average Bonchev–Trinajstić information content (AvgIpc) is 2.60. The second kappa shape index (κ2) is 5.11. The summed E-state index contributed by atoms with van der Waals surface area (Å²) in [4.78, 5) is 2.87. The number of rotatable bonds is 4. The van der Waals surface area contributed by atoms with Crippen LogP contribution in [0.4, 0.5) is 5.69 Å². The van der Waals surface area contributed by atoms with E-state index < -0.39 is 15.5 Å². The van der Waals surface area contributed by atoms with Gasteiger partial charge in [-0.15, -0.1) is 0 Å². The van der Waals surface area contributed by atoms with Gasteiger partial charge in [-0.25, -0.2) is 0 Å². The van der Waals surface area contributed by atoms with Crippen molar-refractivity contribution >= 4 is 27.6 Å². The molecule has 2 atom stereocenters. The lowest BCUT2D eigenvalue weighted by Gasteiger charge is -2.30. The number of hydrogen-bond acceptors (Lipinski definition) is 4. The van der Waals surface area contributed by atoms with Gasteiger partial charge < -0.3 is 4.90 Å². The average molecular weight is 287 g/mol. The maximum Gasteiger partial charge on any atom is 0.286 e. The monoisotopic (exact) mass is 287 g/mol. The van der Waals surface area contributed by atoms with Gasteiger partial charge in [0, 0.05) is 4.90 Å². The Labute approximate surface area is 112 Å². The molecule has 18 heavy (non-hydrogen) atoms. The summed E-state index contributed by atoms with van der Waals surface area (Å²) in [7, 11) is -4.07. The third-order valence-electron chi connectivity index (χ3n) is 3.02. The summed E-state index contributed by atoms with van der Waals surface area (Å²) >= 11 is 1.62. The molecule has 1 aromatic carbocycles. The Morgan fingerprint density at radius 1 is 1.44 bits per heavy atom. The Balaban J connectivity index is 2.42. The van der Waals surface area contributed by atoms with Crippen molar-refractivity contribution in [2.75, 3.05) is 4.90 Å². The first-order valence-electron chi connectivity index (χ1n) is 5.95. The Hall–Kier alpha value is -0.720. The highest BCUT2D eigenvalue weighted by molar-refractivity contribution is 8.00. The Kier molecular flexibility index (Phi) is 3.89. The molecule has 1 aliphatic heterocycles. The predicted octanol–water partition coefficient (Wildman–Crippen LogP) is 2.96. The molecule has 0 bridgehead atoms. The van der Waals surface area contributed by atoms with E-state index in [0.717, 1.165) is 10.6 Å². The highest BCUT2D eigenvalue weighted by atomic mass is 32.2. The molecular formula is C12H17NO3S2. The van der Waals surface area contributed by atoms with E-state index in [9.17, 15) is 13.0 Å². The third kappa shape index (κ3) is 2.50. The minimum atomic E-state index is -4.07. The van der Waals surface area contributed by atoms with Gasteiger partial charge in [-0.3, -0.25) is 4.55 Å². The zero-order chi connectivity index (χ0) is 13.3. The van der Waals surface area contributed by atoms with Crippen LogP contribution in [0.15, 0.2) is 29.2 Å². The van der Waals surface area contributed by atoms with Crippen LogP contribution in [-0.4, -0.2) is 23.7 Å². The minimum absolute atomic E-state index is 0.0147. The maximum absolute atomic E-state index is 11.6. The molecule has 6 heteroatoms. The lowest BCUT2D eigenvalue weighted by atomic mass is 10.2. The molecule has 0 amide bonds. The number of thioether (sulfide) groups is 1. The van der Waals surface area contributed by atoms with Crippen molar-refractivity contribution in [3.05, 3.63) is 24.3 Å². The van der Waals surface area contributed by atoms with Crippen LogP contribution >= 0.6 is 11.8 Å². The second-order valence-electron chi connectivity index (χ2n) is 4.35. The van der Waals surface area contributed by atoms with Gasteiger partial charge in [0.05, 0.1) is 11.1 Å². The van der Waals surface area contributed by atoms with Crippen LogP contribution < -0.4 is 4.90 Å². The molecule has 0 spiro atoms. The largest absolute Gasteiger partial charge is 0.340 e. The fourth-order valence-corrected chi connectivity index (χ4v) is 4.66. The molecule has 1 N–H and O–H groups in total. The van der Waals surface area contributed by atoms with Crippen LogP contribution in [-0.2, 0) is 10.1 Å². The molecule has 0 radical (unpaired) electrons. The molecule has 0 saturated carbocycles. The Morgan fingerprint density at radius 3 is 2.72 bits per heavy atom. The zero-order valence-electron chi connectivity index (χ0n) is 10.4. The number of fused-ring (bicyclic) bond motifs is 1. The van der Waals surface area contributed by atoms with Crippen LogP contribution in [0.25, 0.3) is 0 Å². The predicted molar refractivity (Wildman–Crippen MR) is 74.5 cm³/mol. The molecule has 1 heterocycles. The summed E-state index contributed by atoms with van der Waals surface area (Å²) in [6.07, 6.45) is 1.14. The molecule has 1 aliphatic rings. The van der Waals surface area contributed by atoms with Crippen LogP contribution in [0.5, 0.6) is 0 Å². The SMILES string of the molecule is CCCC(N1c2ccccc2SC1C)S(=O)(=O)O. The summed E-state index contributed by atoms with van der Waals surface area (Å²) in [5.74, 6) is 0. The number of hydrogen-bond donors (Lipinski definition) is 1. The molecule has 2 unspecified atom stereocenters. The van der Waals surface area contributed by atoms with E-state index in [0.29, 0.717) is 12.8 Å². The lowest BCUT2D eigenvalue weighted by Crippen LogP contribution is -2.43. The first kappa shape index (κ1) is 13.7. The van der Waals surface area contributed by atoms with Crippen LogP contribution in [0.1, 0.15) is 26.7 Å². The van der Waals surface area contributed by atoms with E-state index in [4.69, 9.17) is 0 Å². The summed E-state index contributed by atoms with van der Waals surface area (Å²) in [6.45, 7) is 3.87. The van der Waals surface area contributed by atoms with Gasteiger partial charge in [0.15, 0.2) is 5.37 Å². The normalized spacial score (nSPS) is 20.8. The first-order chi connectivity index (χ1) is 8.45. The smallest absolute Gasteiger partial charge is 0.286 e. The molecule has 0 saturated heterocycles. The van der Waals surface area contributed by atoms with Crippen LogP contribution in [0, 0.1) is 0 Å².